The van der Waals surface area contributed by atoms with E-state index in [4.69, 9.17) is 4.42 Å². The van der Waals surface area contributed by atoms with Crippen LogP contribution in [0.4, 0.5) is 0 Å². The van der Waals surface area contributed by atoms with Crippen LogP contribution in [0.25, 0.3) is 0 Å². The van der Waals surface area contributed by atoms with Crippen LogP contribution in [0.1, 0.15) is 43.0 Å². The summed E-state index contributed by atoms with van der Waals surface area (Å²) in [5.41, 5.74) is 0.0375. The zero-order chi connectivity index (χ0) is 12.3. The van der Waals surface area contributed by atoms with E-state index in [1.807, 2.05) is 13.0 Å². The average Bonchev–Trinajstić information content (AvgIpc) is 2.95. The van der Waals surface area contributed by atoms with Crippen LogP contribution in [0.5, 0.6) is 0 Å². The van der Waals surface area contributed by atoms with Gasteiger partial charge in [-0.2, -0.15) is 0 Å². The number of carbonyl (C=O) groups is 1. The van der Waals surface area contributed by atoms with Gasteiger partial charge in [0.1, 0.15) is 5.76 Å². The van der Waals surface area contributed by atoms with Crippen molar-refractivity contribution in [3.63, 3.8) is 0 Å². The van der Waals surface area contributed by atoms with Gasteiger partial charge in [0.25, 0.3) is 5.91 Å². The maximum absolute atomic E-state index is 11.8. The van der Waals surface area contributed by atoms with Gasteiger partial charge in [0.2, 0.25) is 0 Å². The molecule has 1 unspecified atom stereocenters. The van der Waals surface area contributed by atoms with Crippen molar-refractivity contribution in [3.8, 4) is 0 Å². The number of furan rings is 1. The molecule has 1 aromatic rings. The van der Waals surface area contributed by atoms with Gasteiger partial charge in [-0.3, -0.25) is 4.79 Å². The van der Waals surface area contributed by atoms with E-state index in [2.05, 4.69) is 17.6 Å². The summed E-state index contributed by atoms with van der Waals surface area (Å²) in [4.78, 5) is 11.8. The Bertz CT molecular complexity index is 392. The summed E-state index contributed by atoms with van der Waals surface area (Å²) in [6.45, 7) is 5.82. The van der Waals surface area contributed by atoms with Crippen LogP contribution in [0, 0.1) is 0 Å². The predicted octanol–water partition coefficient (Wildman–Crippen LogP) is 1.71. The number of rotatable bonds is 4. The summed E-state index contributed by atoms with van der Waals surface area (Å²) < 4.78 is 5.41. The molecule has 1 saturated heterocycles. The normalized spacial score (nSPS) is 23.9. The lowest BCUT2D eigenvalue weighted by Crippen LogP contribution is -2.47. The minimum absolute atomic E-state index is 0.0375. The Labute approximate surface area is 102 Å². The molecule has 1 aliphatic heterocycles. The molecule has 94 valence electrons. The fourth-order valence-electron chi connectivity index (χ4n) is 2.16. The van der Waals surface area contributed by atoms with E-state index in [9.17, 15) is 4.79 Å². The van der Waals surface area contributed by atoms with Crippen molar-refractivity contribution in [2.24, 2.45) is 0 Å². The molecule has 4 heteroatoms. The third-order valence-corrected chi connectivity index (χ3v) is 3.33. The second-order valence-corrected chi connectivity index (χ2v) is 4.89. The van der Waals surface area contributed by atoms with Gasteiger partial charge in [-0.25, -0.2) is 0 Å². The minimum atomic E-state index is -0.125. The van der Waals surface area contributed by atoms with Gasteiger partial charge in [0.15, 0.2) is 5.76 Å². The van der Waals surface area contributed by atoms with Crippen molar-refractivity contribution in [1.29, 1.82) is 0 Å². The minimum Gasteiger partial charge on any atom is -0.456 e. The Morgan fingerprint density at radius 1 is 1.59 bits per heavy atom. The molecule has 0 bridgehead atoms. The smallest absolute Gasteiger partial charge is 0.287 e. The van der Waals surface area contributed by atoms with E-state index in [0.717, 1.165) is 25.1 Å². The van der Waals surface area contributed by atoms with Crippen LogP contribution in [-0.2, 0) is 6.42 Å². The molecular formula is C13H20N2O2. The average molecular weight is 236 g/mol. The van der Waals surface area contributed by atoms with Gasteiger partial charge >= 0.3 is 0 Å². The van der Waals surface area contributed by atoms with Gasteiger partial charge in [-0.05, 0) is 38.4 Å². The Kier molecular flexibility index (Phi) is 3.52. The van der Waals surface area contributed by atoms with Crippen molar-refractivity contribution in [2.75, 3.05) is 13.1 Å². The maximum atomic E-state index is 11.8. The van der Waals surface area contributed by atoms with Crippen molar-refractivity contribution in [2.45, 2.75) is 38.6 Å². The fourth-order valence-corrected chi connectivity index (χ4v) is 2.16. The summed E-state index contributed by atoms with van der Waals surface area (Å²) in [5.74, 6) is 1.13. The van der Waals surface area contributed by atoms with Gasteiger partial charge in [-0.15, -0.1) is 0 Å². The first-order valence-electron chi connectivity index (χ1n) is 6.25. The quantitative estimate of drug-likeness (QED) is 0.837. The monoisotopic (exact) mass is 236 g/mol. The summed E-state index contributed by atoms with van der Waals surface area (Å²) >= 11 is 0. The van der Waals surface area contributed by atoms with Crippen molar-refractivity contribution < 1.29 is 9.21 Å². The molecule has 1 aromatic heterocycles. The molecule has 1 amide bonds. The fraction of sp³-hybridized carbons (Fsp3) is 0.615. The molecule has 2 heterocycles. The number of hydrogen-bond donors (Lipinski definition) is 2. The zero-order valence-electron chi connectivity index (χ0n) is 10.5. The van der Waals surface area contributed by atoms with E-state index in [0.29, 0.717) is 12.3 Å². The maximum Gasteiger partial charge on any atom is 0.287 e. The summed E-state index contributed by atoms with van der Waals surface area (Å²) in [6, 6.07) is 3.59. The highest BCUT2D eigenvalue weighted by Gasteiger charge is 2.28. The lowest BCUT2D eigenvalue weighted by atomic mass is 10.0. The molecule has 17 heavy (non-hydrogen) atoms. The molecule has 0 aromatic carbocycles. The van der Waals surface area contributed by atoms with E-state index < -0.39 is 0 Å². The Morgan fingerprint density at radius 3 is 3.00 bits per heavy atom. The molecule has 1 aliphatic rings. The van der Waals surface area contributed by atoms with Crippen LogP contribution in [0.2, 0.25) is 0 Å². The summed E-state index contributed by atoms with van der Waals surface area (Å²) in [7, 11) is 0. The number of hydrogen-bond acceptors (Lipinski definition) is 3. The largest absolute Gasteiger partial charge is 0.456 e. The first-order chi connectivity index (χ1) is 8.13. The van der Waals surface area contributed by atoms with Gasteiger partial charge in [-0.1, -0.05) is 6.92 Å². The number of carbonyl (C=O) groups excluding carboxylic acids is 1. The number of aryl methyl sites for hydroxylation is 1. The Hall–Kier alpha value is -1.29. The van der Waals surface area contributed by atoms with Crippen LogP contribution in [0.3, 0.4) is 0 Å². The molecule has 0 radical (unpaired) electrons. The molecule has 1 fully saturated rings. The molecule has 4 nitrogen and oxygen atoms in total. The molecule has 2 N–H and O–H groups in total. The Morgan fingerprint density at radius 2 is 2.41 bits per heavy atom. The Balaban J connectivity index is 1.88. The lowest BCUT2D eigenvalue weighted by Gasteiger charge is -2.24. The third kappa shape index (κ3) is 2.88. The van der Waals surface area contributed by atoms with Crippen molar-refractivity contribution in [1.82, 2.24) is 10.6 Å². The summed E-state index contributed by atoms with van der Waals surface area (Å²) in [5, 5.41) is 6.33. The highest BCUT2D eigenvalue weighted by atomic mass is 16.3. The lowest BCUT2D eigenvalue weighted by molar-refractivity contribution is 0.0913. The van der Waals surface area contributed by atoms with E-state index in [1.54, 1.807) is 6.07 Å². The molecule has 0 saturated carbocycles. The van der Waals surface area contributed by atoms with Crippen LogP contribution >= 0.6 is 0 Å². The molecule has 2 rings (SSSR count). The molecule has 0 spiro atoms. The topological polar surface area (TPSA) is 54.3 Å². The van der Waals surface area contributed by atoms with E-state index in [-0.39, 0.29) is 11.4 Å². The van der Waals surface area contributed by atoms with Crippen molar-refractivity contribution in [3.05, 3.63) is 23.7 Å². The third-order valence-electron chi connectivity index (χ3n) is 3.33. The van der Waals surface area contributed by atoms with Crippen LogP contribution < -0.4 is 10.6 Å². The first kappa shape index (κ1) is 12.2. The first-order valence-corrected chi connectivity index (χ1v) is 6.25. The predicted molar refractivity (Wildman–Crippen MR) is 66.1 cm³/mol. The zero-order valence-corrected chi connectivity index (χ0v) is 10.5. The van der Waals surface area contributed by atoms with Crippen LogP contribution in [0.15, 0.2) is 16.5 Å². The second kappa shape index (κ2) is 4.92. The number of nitrogens with one attached hydrogen (secondary N) is 2. The molecular weight excluding hydrogens is 216 g/mol. The van der Waals surface area contributed by atoms with Gasteiger partial charge in [0, 0.05) is 18.5 Å². The SMILES string of the molecule is CCc1ccc(C(=O)NCC2(C)CCCN2)o1. The van der Waals surface area contributed by atoms with Crippen molar-refractivity contribution >= 4 is 5.91 Å². The molecule has 0 aliphatic carbocycles. The summed E-state index contributed by atoms with van der Waals surface area (Å²) in [6.07, 6.45) is 3.09. The van der Waals surface area contributed by atoms with Gasteiger partial charge in [0.05, 0.1) is 0 Å². The van der Waals surface area contributed by atoms with E-state index >= 15 is 0 Å². The highest BCUT2D eigenvalue weighted by Crippen LogP contribution is 2.17. The highest BCUT2D eigenvalue weighted by molar-refractivity contribution is 5.91. The number of amides is 1. The van der Waals surface area contributed by atoms with Crippen LogP contribution in [-0.4, -0.2) is 24.5 Å². The standard InChI is InChI=1S/C13H20N2O2/c1-3-10-5-6-11(17-10)12(16)14-9-13(2)7-4-8-15-13/h5-6,15H,3-4,7-9H2,1-2H3,(H,14,16). The van der Waals surface area contributed by atoms with E-state index in [1.165, 1.54) is 6.42 Å². The second-order valence-electron chi connectivity index (χ2n) is 4.89. The van der Waals surface area contributed by atoms with Gasteiger partial charge < -0.3 is 15.1 Å². The molecule has 1 atom stereocenters.